The van der Waals surface area contributed by atoms with Crippen LogP contribution >= 0.6 is 0 Å². The first-order valence-corrected chi connectivity index (χ1v) is 8.02. The Morgan fingerprint density at radius 3 is 2.40 bits per heavy atom. The van der Waals surface area contributed by atoms with Crippen molar-refractivity contribution in [1.29, 1.82) is 0 Å². The predicted molar refractivity (Wildman–Crippen MR) is 97.7 cm³/mol. The third-order valence-electron chi connectivity index (χ3n) is 3.42. The molecule has 2 rings (SSSR count). The third kappa shape index (κ3) is 5.76. The molecule has 2 aromatic rings. The van der Waals surface area contributed by atoms with E-state index in [2.05, 4.69) is 15.8 Å². The van der Waals surface area contributed by atoms with Gasteiger partial charge in [-0.2, -0.15) is 5.10 Å². The highest BCUT2D eigenvalue weighted by atomic mass is 16.5. The van der Waals surface area contributed by atoms with Gasteiger partial charge in [0.25, 0.3) is 0 Å². The molecule has 1 atom stereocenters. The van der Waals surface area contributed by atoms with E-state index >= 15 is 0 Å². The van der Waals surface area contributed by atoms with Crippen molar-refractivity contribution >= 4 is 23.7 Å². The molecule has 0 saturated heterocycles. The standard InChI is InChI=1S/C19H21N3O3/c1-3-25-17-11-9-16(10-12-17)21-18(23)19(24)22-20-13-14(2)15-7-5-4-6-8-15/h4-14H,3H2,1-2H3,(H,21,23)(H,22,24)/b20-13+. The number of rotatable bonds is 6. The molecule has 130 valence electrons. The molecule has 0 aliphatic rings. The second-order valence-electron chi connectivity index (χ2n) is 5.33. The van der Waals surface area contributed by atoms with Gasteiger partial charge in [0, 0.05) is 17.8 Å². The van der Waals surface area contributed by atoms with E-state index in [1.165, 1.54) is 0 Å². The first kappa shape index (κ1) is 18.2. The van der Waals surface area contributed by atoms with Gasteiger partial charge in [0.2, 0.25) is 0 Å². The molecule has 0 spiro atoms. The summed E-state index contributed by atoms with van der Waals surface area (Å²) in [6.07, 6.45) is 1.58. The minimum absolute atomic E-state index is 0.0238. The zero-order valence-electron chi connectivity index (χ0n) is 14.2. The zero-order valence-corrected chi connectivity index (χ0v) is 14.2. The number of nitrogens with zero attached hydrogens (tertiary/aromatic N) is 1. The van der Waals surface area contributed by atoms with E-state index in [0.717, 1.165) is 5.56 Å². The molecule has 0 aromatic heterocycles. The Morgan fingerprint density at radius 1 is 1.08 bits per heavy atom. The SMILES string of the molecule is CCOc1ccc(NC(=O)C(=O)N/N=C/C(C)c2ccccc2)cc1. The molecule has 6 heteroatoms. The maximum absolute atomic E-state index is 11.8. The van der Waals surface area contributed by atoms with Crippen LogP contribution in [-0.2, 0) is 9.59 Å². The highest BCUT2D eigenvalue weighted by Crippen LogP contribution is 2.15. The number of hydrogen-bond acceptors (Lipinski definition) is 4. The number of benzene rings is 2. The summed E-state index contributed by atoms with van der Waals surface area (Å²) in [6.45, 7) is 4.40. The Kier molecular flexibility index (Phi) is 6.71. The summed E-state index contributed by atoms with van der Waals surface area (Å²) in [6, 6.07) is 16.5. The van der Waals surface area contributed by atoms with E-state index < -0.39 is 11.8 Å². The molecular formula is C19H21N3O3. The molecule has 0 saturated carbocycles. The molecule has 0 fully saturated rings. The van der Waals surface area contributed by atoms with Crippen molar-refractivity contribution in [3.05, 3.63) is 60.2 Å². The van der Waals surface area contributed by atoms with Crippen LogP contribution in [0.4, 0.5) is 5.69 Å². The number of anilines is 1. The summed E-state index contributed by atoms with van der Waals surface area (Å²) >= 11 is 0. The van der Waals surface area contributed by atoms with Crippen LogP contribution in [0, 0.1) is 0 Å². The van der Waals surface area contributed by atoms with Crippen molar-refractivity contribution < 1.29 is 14.3 Å². The molecule has 2 aromatic carbocycles. The summed E-state index contributed by atoms with van der Waals surface area (Å²) in [4.78, 5) is 23.6. The maximum Gasteiger partial charge on any atom is 0.329 e. The minimum atomic E-state index is -0.828. The normalized spacial score (nSPS) is 11.8. The predicted octanol–water partition coefficient (Wildman–Crippen LogP) is 2.93. The van der Waals surface area contributed by atoms with Crippen molar-refractivity contribution in [2.75, 3.05) is 11.9 Å². The molecule has 6 nitrogen and oxygen atoms in total. The first-order valence-electron chi connectivity index (χ1n) is 8.02. The lowest BCUT2D eigenvalue weighted by Crippen LogP contribution is -2.32. The van der Waals surface area contributed by atoms with Crippen LogP contribution in [0.5, 0.6) is 5.75 Å². The van der Waals surface area contributed by atoms with E-state index in [-0.39, 0.29) is 5.92 Å². The Bertz CT molecular complexity index is 727. The van der Waals surface area contributed by atoms with Crippen LogP contribution in [0.25, 0.3) is 0 Å². The number of amides is 2. The number of carbonyl (C=O) groups excluding carboxylic acids is 2. The van der Waals surface area contributed by atoms with Crippen LogP contribution in [0.15, 0.2) is 59.7 Å². The van der Waals surface area contributed by atoms with E-state index in [0.29, 0.717) is 18.0 Å². The van der Waals surface area contributed by atoms with Gasteiger partial charge < -0.3 is 10.1 Å². The Morgan fingerprint density at radius 2 is 1.76 bits per heavy atom. The number of hydrogen-bond donors (Lipinski definition) is 2. The number of nitrogens with one attached hydrogen (secondary N) is 2. The lowest BCUT2D eigenvalue weighted by atomic mass is 10.0. The molecule has 0 bridgehead atoms. The summed E-state index contributed by atoms with van der Waals surface area (Å²) in [5.41, 5.74) is 3.80. The van der Waals surface area contributed by atoms with E-state index in [1.54, 1.807) is 30.5 Å². The van der Waals surface area contributed by atoms with Gasteiger partial charge in [-0.3, -0.25) is 9.59 Å². The van der Waals surface area contributed by atoms with Crippen LogP contribution in [-0.4, -0.2) is 24.6 Å². The Balaban J connectivity index is 1.83. The Labute approximate surface area is 146 Å². The van der Waals surface area contributed by atoms with Crippen LogP contribution in [0.1, 0.15) is 25.3 Å². The second-order valence-corrected chi connectivity index (χ2v) is 5.33. The molecule has 1 unspecified atom stereocenters. The fourth-order valence-electron chi connectivity index (χ4n) is 2.09. The van der Waals surface area contributed by atoms with Gasteiger partial charge in [-0.05, 0) is 36.8 Å². The molecule has 0 aliphatic carbocycles. The fourth-order valence-corrected chi connectivity index (χ4v) is 2.09. The molecule has 0 heterocycles. The maximum atomic E-state index is 11.8. The molecule has 25 heavy (non-hydrogen) atoms. The van der Waals surface area contributed by atoms with E-state index in [1.807, 2.05) is 44.2 Å². The number of carbonyl (C=O) groups is 2. The van der Waals surface area contributed by atoms with Gasteiger partial charge in [-0.1, -0.05) is 37.3 Å². The fraction of sp³-hybridized carbons (Fsp3) is 0.211. The van der Waals surface area contributed by atoms with Gasteiger partial charge in [0.05, 0.1) is 6.61 Å². The van der Waals surface area contributed by atoms with Crippen molar-refractivity contribution in [3.63, 3.8) is 0 Å². The molecule has 0 aliphatic heterocycles. The summed E-state index contributed by atoms with van der Waals surface area (Å²) in [5, 5.41) is 6.34. The first-order chi connectivity index (χ1) is 12.1. The number of hydrazone groups is 1. The molecule has 2 N–H and O–H groups in total. The monoisotopic (exact) mass is 339 g/mol. The minimum Gasteiger partial charge on any atom is -0.494 e. The molecule has 2 amide bonds. The van der Waals surface area contributed by atoms with Gasteiger partial charge in [0.1, 0.15) is 5.75 Å². The molecular weight excluding hydrogens is 318 g/mol. The largest absolute Gasteiger partial charge is 0.494 e. The summed E-state index contributed by atoms with van der Waals surface area (Å²) in [5.74, 6) is -0.890. The second kappa shape index (κ2) is 9.22. The quantitative estimate of drug-likeness (QED) is 0.482. The summed E-state index contributed by atoms with van der Waals surface area (Å²) in [7, 11) is 0. The smallest absolute Gasteiger partial charge is 0.329 e. The zero-order chi connectivity index (χ0) is 18.1. The van der Waals surface area contributed by atoms with Crippen LogP contribution in [0.3, 0.4) is 0 Å². The highest BCUT2D eigenvalue weighted by Gasteiger charge is 2.13. The van der Waals surface area contributed by atoms with Crippen LogP contribution < -0.4 is 15.5 Å². The lowest BCUT2D eigenvalue weighted by Gasteiger charge is -2.07. The van der Waals surface area contributed by atoms with E-state index in [4.69, 9.17) is 4.74 Å². The topological polar surface area (TPSA) is 79.8 Å². The van der Waals surface area contributed by atoms with Crippen LogP contribution in [0.2, 0.25) is 0 Å². The average molecular weight is 339 g/mol. The van der Waals surface area contributed by atoms with Crippen molar-refractivity contribution in [2.24, 2.45) is 5.10 Å². The van der Waals surface area contributed by atoms with Gasteiger partial charge in [-0.15, -0.1) is 0 Å². The summed E-state index contributed by atoms with van der Waals surface area (Å²) < 4.78 is 5.31. The van der Waals surface area contributed by atoms with Gasteiger partial charge in [-0.25, -0.2) is 5.43 Å². The third-order valence-corrected chi connectivity index (χ3v) is 3.42. The molecule has 0 radical (unpaired) electrons. The van der Waals surface area contributed by atoms with Crippen molar-refractivity contribution in [3.8, 4) is 5.75 Å². The lowest BCUT2D eigenvalue weighted by molar-refractivity contribution is -0.136. The van der Waals surface area contributed by atoms with Crippen molar-refractivity contribution in [2.45, 2.75) is 19.8 Å². The average Bonchev–Trinajstić information content (AvgIpc) is 2.64. The number of ether oxygens (including phenoxy) is 1. The van der Waals surface area contributed by atoms with Crippen molar-refractivity contribution in [1.82, 2.24) is 5.43 Å². The Hall–Kier alpha value is -3.15. The van der Waals surface area contributed by atoms with E-state index in [9.17, 15) is 9.59 Å². The van der Waals surface area contributed by atoms with Gasteiger partial charge in [0.15, 0.2) is 0 Å². The highest BCUT2D eigenvalue weighted by molar-refractivity contribution is 6.39. The van der Waals surface area contributed by atoms with Gasteiger partial charge >= 0.3 is 11.8 Å².